The predicted octanol–water partition coefficient (Wildman–Crippen LogP) is 0.670. The summed E-state index contributed by atoms with van der Waals surface area (Å²) in [4.78, 5) is 34.0. The molecule has 0 aromatic carbocycles. The van der Waals surface area contributed by atoms with Gasteiger partial charge in [0.25, 0.3) is 5.91 Å². The van der Waals surface area contributed by atoms with Crippen molar-refractivity contribution in [1.82, 2.24) is 20.2 Å². The molecule has 0 saturated carbocycles. The smallest absolute Gasteiger partial charge is 0.274 e. The van der Waals surface area contributed by atoms with Crippen molar-refractivity contribution in [3.05, 3.63) is 23.8 Å². The number of nitrogens with zero attached hydrogens (tertiary/aromatic N) is 3. The van der Waals surface area contributed by atoms with Gasteiger partial charge in [-0.3, -0.25) is 14.6 Å². The first-order valence-corrected chi connectivity index (χ1v) is 6.97. The van der Waals surface area contributed by atoms with E-state index in [2.05, 4.69) is 15.3 Å². The molecular formula is C14H18N4O2. The number of aryl methyl sites for hydroxylation is 1. The fraction of sp³-hybridized carbons (Fsp3) is 0.571. The highest BCUT2D eigenvalue weighted by Crippen LogP contribution is 2.30. The second-order valence-electron chi connectivity index (χ2n) is 5.70. The van der Waals surface area contributed by atoms with Crippen LogP contribution in [0.3, 0.4) is 0 Å². The first-order valence-electron chi connectivity index (χ1n) is 6.97. The van der Waals surface area contributed by atoms with Crippen molar-refractivity contribution in [3.8, 4) is 0 Å². The molecule has 0 radical (unpaired) electrons. The van der Waals surface area contributed by atoms with Gasteiger partial charge in [-0.05, 0) is 26.2 Å². The fourth-order valence-corrected chi connectivity index (χ4v) is 3.05. The highest BCUT2D eigenvalue weighted by molar-refractivity contribution is 5.92. The lowest BCUT2D eigenvalue weighted by Crippen LogP contribution is -2.56. The van der Waals surface area contributed by atoms with Gasteiger partial charge in [0, 0.05) is 25.7 Å². The van der Waals surface area contributed by atoms with E-state index in [9.17, 15) is 9.59 Å². The molecule has 6 heteroatoms. The number of aromatic nitrogens is 2. The van der Waals surface area contributed by atoms with Crippen LogP contribution >= 0.6 is 0 Å². The van der Waals surface area contributed by atoms with Gasteiger partial charge in [0.1, 0.15) is 5.69 Å². The minimum absolute atomic E-state index is 0.0921. The number of hydrogen-bond acceptors (Lipinski definition) is 4. The van der Waals surface area contributed by atoms with Crippen LogP contribution in [-0.4, -0.2) is 45.3 Å². The molecule has 1 N–H and O–H groups in total. The number of carbonyl (C=O) groups is 2. The van der Waals surface area contributed by atoms with E-state index < -0.39 is 0 Å². The van der Waals surface area contributed by atoms with Gasteiger partial charge in [-0.15, -0.1) is 0 Å². The molecule has 1 aromatic heterocycles. The summed E-state index contributed by atoms with van der Waals surface area (Å²) < 4.78 is 0. The molecule has 1 atom stereocenters. The van der Waals surface area contributed by atoms with E-state index in [-0.39, 0.29) is 17.4 Å². The number of likely N-dealkylation sites (tertiary alicyclic amines) is 1. The molecule has 1 unspecified atom stereocenters. The van der Waals surface area contributed by atoms with Crippen molar-refractivity contribution in [2.45, 2.75) is 38.1 Å². The second-order valence-corrected chi connectivity index (χ2v) is 5.70. The Morgan fingerprint density at radius 3 is 2.85 bits per heavy atom. The number of hydrogen-bond donors (Lipinski definition) is 1. The van der Waals surface area contributed by atoms with Gasteiger partial charge in [-0.1, -0.05) is 0 Å². The largest absolute Gasteiger partial charge is 0.349 e. The molecule has 0 bridgehead atoms. The fourth-order valence-electron chi connectivity index (χ4n) is 3.05. The van der Waals surface area contributed by atoms with E-state index in [1.165, 1.54) is 6.20 Å². The summed E-state index contributed by atoms with van der Waals surface area (Å²) in [6.45, 7) is 3.13. The molecule has 106 valence electrons. The lowest BCUT2D eigenvalue weighted by atomic mass is 9.87. The first kappa shape index (κ1) is 13.0. The zero-order valence-corrected chi connectivity index (χ0v) is 11.6. The number of amides is 2. The van der Waals surface area contributed by atoms with Crippen LogP contribution in [0, 0.1) is 6.92 Å². The molecule has 3 rings (SSSR count). The summed E-state index contributed by atoms with van der Waals surface area (Å²) in [6, 6.07) is 0. The molecular weight excluding hydrogens is 256 g/mol. The van der Waals surface area contributed by atoms with Gasteiger partial charge in [0.2, 0.25) is 5.91 Å². The molecule has 6 nitrogen and oxygen atoms in total. The highest BCUT2D eigenvalue weighted by Gasteiger charge is 2.42. The van der Waals surface area contributed by atoms with E-state index in [0.29, 0.717) is 25.2 Å². The average molecular weight is 274 g/mol. The van der Waals surface area contributed by atoms with Gasteiger partial charge < -0.3 is 10.2 Å². The van der Waals surface area contributed by atoms with Crippen molar-refractivity contribution in [3.63, 3.8) is 0 Å². The highest BCUT2D eigenvalue weighted by atomic mass is 16.2. The van der Waals surface area contributed by atoms with Gasteiger partial charge in [0.15, 0.2) is 0 Å². The third kappa shape index (κ3) is 2.37. The van der Waals surface area contributed by atoms with E-state index in [1.807, 2.05) is 6.92 Å². The molecule has 20 heavy (non-hydrogen) atoms. The van der Waals surface area contributed by atoms with Gasteiger partial charge >= 0.3 is 0 Å². The summed E-state index contributed by atoms with van der Waals surface area (Å²) in [5, 5.41) is 3.05. The third-order valence-electron chi connectivity index (χ3n) is 4.10. The van der Waals surface area contributed by atoms with Crippen molar-refractivity contribution in [2.75, 3.05) is 13.1 Å². The quantitative estimate of drug-likeness (QED) is 0.816. The lowest BCUT2D eigenvalue weighted by Gasteiger charge is -2.40. The molecule has 1 aromatic rings. The van der Waals surface area contributed by atoms with Crippen LogP contribution in [0.2, 0.25) is 0 Å². The van der Waals surface area contributed by atoms with Crippen molar-refractivity contribution >= 4 is 11.8 Å². The number of nitrogens with one attached hydrogen (secondary N) is 1. The standard InChI is InChI=1S/C14H18N4O2/c1-10-7-16-11(8-15-10)13(20)18-6-2-4-14(9-18)5-3-12(19)17-14/h7-8H,2-6,9H2,1H3,(H,17,19). The number of piperidine rings is 1. The van der Waals surface area contributed by atoms with Crippen LogP contribution in [0.5, 0.6) is 0 Å². The van der Waals surface area contributed by atoms with Crippen molar-refractivity contribution < 1.29 is 9.59 Å². The summed E-state index contributed by atoms with van der Waals surface area (Å²) >= 11 is 0. The Kier molecular flexibility index (Phi) is 3.16. The average Bonchev–Trinajstić information content (AvgIpc) is 2.79. The van der Waals surface area contributed by atoms with Crippen LogP contribution in [-0.2, 0) is 4.79 Å². The predicted molar refractivity (Wildman–Crippen MR) is 72.0 cm³/mol. The minimum atomic E-state index is -0.219. The van der Waals surface area contributed by atoms with E-state index in [0.717, 1.165) is 25.0 Å². The van der Waals surface area contributed by atoms with Gasteiger partial charge in [-0.2, -0.15) is 0 Å². The normalized spacial score (nSPS) is 25.9. The molecule has 0 aliphatic carbocycles. The SMILES string of the molecule is Cc1cnc(C(=O)N2CCCC3(CCC(=O)N3)C2)cn1. The molecule has 2 saturated heterocycles. The Morgan fingerprint density at radius 1 is 1.35 bits per heavy atom. The Labute approximate surface area is 117 Å². The first-order chi connectivity index (χ1) is 9.58. The third-order valence-corrected chi connectivity index (χ3v) is 4.10. The molecule has 1 spiro atoms. The summed E-state index contributed by atoms with van der Waals surface area (Å²) in [5.74, 6) is -0.00727. The van der Waals surface area contributed by atoms with Crippen LogP contribution < -0.4 is 5.32 Å². The minimum Gasteiger partial charge on any atom is -0.349 e. The molecule has 2 fully saturated rings. The topological polar surface area (TPSA) is 75.2 Å². The zero-order chi connectivity index (χ0) is 14.2. The van der Waals surface area contributed by atoms with Gasteiger partial charge in [-0.25, -0.2) is 4.98 Å². The maximum atomic E-state index is 12.4. The Balaban J connectivity index is 1.75. The second kappa shape index (κ2) is 4.85. The van der Waals surface area contributed by atoms with Crippen molar-refractivity contribution in [2.24, 2.45) is 0 Å². The van der Waals surface area contributed by atoms with Crippen LogP contribution in [0.15, 0.2) is 12.4 Å². The van der Waals surface area contributed by atoms with Crippen LogP contribution in [0.1, 0.15) is 41.9 Å². The maximum Gasteiger partial charge on any atom is 0.274 e. The summed E-state index contributed by atoms with van der Waals surface area (Å²) in [7, 11) is 0. The number of carbonyl (C=O) groups excluding carboxylic acids is 2. The number of rotatable bonds is 1. The summed E-state index contributed by atoms with van der Waals surface area (Å²) in [6.07, 6.45) is 6.35. The Hall–Kier alpha value is -1.98. The molecule has 2 aliphatic rings. The van der Waals surface area contributed by atoms with E-state index >= 15 is 0 Å². The molecule has 2 aliphatic heterocycles. The van der Waals surface area contributed by atoms with E-state index in [1.54, 1.807) is 11.1 Å². The van der Waals surface area contributed by atoms with E-state index in [4.69, 9.17) is 0 Å². The van der Waals surface area contributed by atoms with Crippen LogP contribution in [0.4, 0.5) is 0 Å². The molecule has 2 amide bonds. The van der Waals surface area contributed by atoms with Crippen LogP contribution in [0.25, 0.3) is 0 Å². The van der Waals surface area contributed by atoms with Crippen molar-refractivity contribution in [1.29, 1.82) is 0 Å². The summed E-state index contributed by atoms with van der Waals surface area (Å²) in [5.41, 5.74) is 0.944. The van der Waals surface area contributed by atoms with Gasteiger partial charge in [0.05, 0.1) is 17.4 Å². The maximum absolute atomic E-state index is 12.4. The lowest BCUT2D eigenvalue weighted by molar-refractivity contribution is -0.120. The molecule has 3 heterocycles. The zero-order valence-electron chi connectivity index (χ0n) is 11.6. The monoisotopic (exact) mass is 274 g/mol. The Morgan fingerprint density at radius 2 is 2.20 bits per heavy atom. The Bertz CT molecular complexity index is 543.